The lowest BCUT2D eigenvalue weighted by Gasteiger charge is -2.25. The minimum atomic E-state index is -0.793. The Labute approximate surface area is 238 Å². The SMILES string of the molecule is COc1ccc(C(C)(C)C)cc1/C(O)=C1\C(=O)C(=O)N(c2ccc(OCc3ccccc3)cc2)C1c1cccs1. The third-order valence-electron chi connectivity index (χ3n) is 6.94. The van der Waals surface area contributed by atoms with Gasteiger partial charge < -0.3 is 14.6 Å². The molecule has 2 heterocycles. The first-order valence-electron chi connectivity index (χ1n) is 13.0. The number of aliphatic hydroxyl groups excluding tert-OH is 1. The summed E-state index contributed by atoms with van der Waals surface area (Å²) in [5, 5.41) is 13.5. The van der Waals surface area contributed by atoms with Gasteiger partial charge in [-0.2, -0.15) is 0 Å². The molecular weight excluding hydrogens is 522 g/mol. The molecule has 1 N–H and O–H groups in total. The molecule has 0 spiro atoms. The van der Waals surface area contributed by atoms with Crippen LogP contribution in [0.5, 0.6) is 11.5 Å². The fourth-order valence-corrected chi connectivity index (χ4v) is 5.59. The molecule has 1 fully saturated rings. The van der Waals surface area contributed by atoms with Crippen LogP contribution in [0.15, 0.2) is 95.9 Å². The van der Waals surface area contributed by atoms with E-state index in [4.69, 9.17) is 9.47 Å². The van der Waals surface area contributed by atoms with Crippen molar-refractivity contribution in [1.82, 2.24) is 0 Å². The molecular formula is C33H31NO5S. The van der Waals surface area contributed by atoms with Crippen molar-refractivity contribution in [2.24, 2.45) is 0 Å². The van der Waals surface area contributed by atoms with Gasteiger partial charge in [0.15, 0.2) is 0 Å². The summed E-state index contributed by atoms with van der Waals surface area (Å²) in [6.45, 7) is 6.61. The zero-order valence-electron chi connectivity index (χ0n) is 22.9. The molecule has 0 bridgehead atoms. The average Bonchev–Trinajstić information content (AvgIpc) is 3.58. The van der Waals surface area contributed by atoms with Crippen molar-refractivity contribution in [3.05, 3.63) is 117 Å². The lowest BCUT2D eigenvalue weighted by molar-refractivity contribution is -0.132. The number of benzene rings is 3. The highest BCUT2D eigenvalue weighted by atomic mass is 32.1. The third-order valence-corrected chi connectivity index (χ3v) is 7.87. The normalized spacial score (nSPS) is 16.8. The van der Waals surface area contributed by atoms with Crippen LogP contribution in [0.1, 0.15) is 48.4 Å². The monoisotopic (exact) mass is 553 g/mol. The summed E-state index contributed by atoms with van der Waals surface area (Å²) in [6, 6.07) is 25.4. The summed E-state index contributed by atoms with van der Waals surface area (Å²) in [4.78, 5) is 29.3. The molecule has 1 aliphatic heterocycles. The molecule has 204 valence electrons. The van der Waals surface area contributed by atoms with Crippen LogP contribution >= 0.6 is 11.3 Å². The number of Topliss-reactive ketones (excluding diaryl/α,β-unsaturated/α-hetero) is 1. The highest BCUT2D eigenvalue weighted by Crippen LogP contribution is 2.45. The Balaban J connectivity index is 1.55. The second-order valence-corrected chi connectivity index (χ2v) is 11.6. The van der Waals surface area contributed by atoms with Gasteiger partial charge in [0.05, 0.1) is 18.2 Å². The maximum atomic E-state index is 13.5. The summed E-state index contributed by atoms with van der Waals surface area (Å²) in [6.07, 6.45) is 0. The quantitative estimate of drug-likeness (QED) is 0.148. The van der Waals surface area contributed by atoms with Gasteiger partial charge >= 0.3 is 0 Å². The van der Waals surface area contributed by atoms with E-state index in [0.29, 0.717) is 29.4 Å². The van der Waals surface area contributed by atoms with E-state index in [1.54, 1.807) is 30.3 Å². The average molecular weight is 554 g/mol. The first kappa shape index (κ1) is 27.2. The molecule has 3 aromatic carbocycles. The summed E-state index contributed by atoms with van der Waals surface area (Å²) in [5.41, 5.74) is 2.73. The zero-order chi connectivity index (χ0) is 28.4. The molecule has 4 aromatic rings. The lowest BCUT2D eigenvalue weighted by Crippen LogP contribution is -2.29. The second kappa shape index (κ2) is 11.0. The largest absolute Gasteiger partial charge is 0.507 e. The van der Waals surface area contributed by atoms with Gasteiger partial charge in [0.25, 0.3) is 11.7 Å². The smallest absolute Gasteiger partial charge is 0.300 e. The van der Waals surface area contributed by atoms with Crippen LogP contribution in [-0.4, -0.2) is 23.9 Å². The molecule has 6 nitrogen and oxygen atoms in total. The topological polar surface area (TPSA) is 76.1 Å². The minimum absolute atomic E-state index is 0.0289. The Morgan fingerprint density at radius 1 is 0.950 bits per heavy atom. The molecule has 40 heavy (non-hydrogen) atoms. The van der Waals surface area contributed by atoms with Crippen LogP contribution in [0.4, 0.5) is 5.69 Å². The van der Waals surface area contributed by atoms with Crippen molar-refractivity contribution in [2.45, 2.75) is 38.8 Å². The Morgan fingerprint density at radius 3 is 2.30 bits per heavy atom. The van der Waals surface area contributed by atoms with Crippen molar-refractivity contribution in [2.75, 3.05) is 12.0 Å². The molecule has 1 aliphatic rings. The molecule has 1 amide bonds. The number of aliphatic hydroxyl groups is 1. The number of ketones is 1. The van der Waals surface area contributed by atoms with E-state index < -0.39 is 17.7 Å². The number of methoxy groups -OCH3 is 1. The number of anilines is 1. The van der Waals surface area contributed by atoms with E-state index >= 15 is 0 Å². The summed E-state index contributed by atoms with van der Waals surface area (Å²) in [5.74, 6) is -0.653. The van der Waals surface area contributed by atoms with E-state index in [0.717, 1.165) is 16.0 Å². The van der Waals surface area contributed by atoms with Crippen molar-refractivity contribution in [3.8, 4) is 11.5 Å². The van der Waals surface area contributed by atoms with Crippen molar-refractivity contribution >= 4 is 34.5 Å². The first-order chi connectivity index (χ1) is 19.2. The molecule has 0 saturated carbocycles. The van der Waals surface area contributed by atoms with Crippen LogP contribution < -0.4 is 14.4 Å². The fraction of sp³-hybridized carbons (Fsp3) is 0.212. The maximum Gasteiger partial charge on any atom is 0.300 e. The van der Waals surface area contributed by atoms with E-state index in [9.17, 15) is 14.7 Å². The highest BCUT2D eigenvalue weighted by Gasteiger charge is 2.47. The molecule has 1 atom stereocenters. The number of hydrogen-bond acceptors (Lipinski definition) is 6. The van der Waals surface area contributed by atoms with E-state index in [1.807, 2.05) is 60.0 Å². The molecule has 0 aliphatic carbocycles. The Hall–Kier alpha value is -4.36. The standard InChI is InChI=1S/C33H31NO5S/c1-33(2,3)22-12-17-26(38-4)25(19-22)30(35)28-29(27-11-8-18-40-27)34(32(37)31(28)36)23-13-15-24(16-14-23)39-20-21-9-6-5-7-10-21/h5-19,29,35H,20H2,1-4H3/b30-28+. The summed E-state index contributed by atoms with van der Waals surface area (Å²) < 4.78 is 11.5. The van der Waals surface area contributed by atoms with Crippen LogP contribution in [-0.2, 0) is 21.6 Å². The lowest BCUT2D eigenvalue weighted by atomic mass is 9.85. The maximum absolute atomic E-state index is 13.5. The summed E-state index contributed by atoms with van der Waals surface area (Å²) in [7, 11) is 1.51. The number of rotatable bonds is 7. The number of hydrogen-bond donors (Lipinski definition) is 1. The first-order valence-corrected chi connectivity index (χ1v) is 13.9. The van der Waals surface area contributed by atoms with Crippen LogP contribution in [0.2, 0.25) is 0 Å². The number of carbonyl (C=O) groups excluding carboxylic acids is 2. The zero-order valence-corrected chi connectivity index (χ0v) is 23.7. The third kappa shape index (κ3) is 5.25. The van der Waals surface area contributed by atoms with Gasteiger partial charge in [-0.3, -0.25) is 14.5 Å². The highest BCUT2D eigenvalue weighted by molar-refractivity contribution is 7.10. The Morgan fingerprint density at radius 2 is 1.68 bits per heavy atom. The van der Waals surface area contributed by atoms with Gasteiger partial charge in [-0.15, -0.1) is 11.3 Å². The van der Waals surface area contributed by atoms with Gasteiger partial charge in [0.1, 0.15) is 29.9 Å². The van der Waals surface area contributed by atoms with Gasteiger partial charge in [0.2, 0.25) is 0 Å². The fourth-order valence-electron chi connectivity index (χ4n) is 4.76. The number of carbonyl (C=O) groups is 2. The van der Waals surface area contributed by atoms with Crippen LogP contribution in [0.25, 0.3) is 5.76 Å². The molecule has 7 heteroatoms. The predicted octanol–water partition coefficient (Wildman–Crippen LogP) is 7.26. The van der Waals surface area contributed by atoms with E-state index in [-0.39, 0.29) is 16.7 Å². The molecule has 1 unspecified atom stereocenters. The van der Waals surface area contributed by atoms with Crippen molar-refractivity contribution in [1.29, 1.82) is 0 Å². The van der Waals surface area contributed by atoms with Crippen molar-refractivity contribution in [3.63, 3.8) is 0 Å². The van der Waals surface area contributed by atoms with Gasteiger partial charge in [0, 0.05) is 10.6 Å². The number of thiophene rings is 1. The van der Waals surface area contributed by atoms with Crippen LogP contribution in [0, 0.1) is 0 Å². The molecule has 1 saturated heterocycles. The second-order valence-electron chi connectivity index (χ2n) is 10.6. The molecule has 0 radical (unpaired) electrons. The van der Waals surface area contributed by atoms with E-state index in [2.05, 4.69) is 20.8 Å². The number of nitrogens with zero attached hydrogens (tertiary/aromatic N) is 1. The van der Waals surface area contributed by atoms with Crippen LogP contribution in [0.3, 0.4) is 0 Å². The Bertz CT molecular complexity index is 1550. The van der Waals surface area contributed by atoms with Gasteiger partial charge in [-0.05, 0) is 64.4 Å². The number of ether oxygens (including phenoxy) is 2. The van der Waals surface area contributed by atoms with Gasteiger partial charge in [-0.25, -0.2) is 0 Å². The van der Waals surface area contributed by atoms with Crippen molar-refractivity contribution < 1.29 is 24.2 Å². The number of amides is 1. The molecule has 1 aromatic heterocycles. The summed E-state index contributed by atoms with van der Waals surface area (Å²) >= 11 is 1.42. The minimum Gasteiger partial charge on any atom is -0.507 e. The van der Waals surface area contributed by atoms with Gasteiger partial charge in [-0.1, -0.05) is 63.2 Å². The molecule has 5 rings (SSSR count). The van der Waals surface area contributed by atoms with E-state index in [1.165, 1.54) is 23.3 Å². The Kier molecular flexibility index (Phi) is 7.50. The predicted molar refractivity (Wildman–Crippen MR) is 158 cm³/mol.